The van der Waals surface area contributed by atoms with E-state index >= 15 is 0 Å². The lowest BCUT2D eigenvalue weighted by Gasteiger charge is -2.13. The maximum Gasteiger partial charge on any atom is 0.261 e. The molecule has 0 radical (unpaired) electrons. The van der Waals surface area contributed by atoms with Crippen LogP contribution in [-0.4, -0.2) is 50.7 Å². The van der Waals surface area contributed by atoms with Crippen molar-refractivity contribution >= 4 is 34.8 Å². The van der Waals surface area contributed by atoms with Gasteiger partial charge < -0.3 is 15.4 Å². The molecule has 2 atom stereocenters. The monoisotopic (exact) mass is 484 g/mol. The van der Waals surface area contributed by atoms with Gasteiger partial charge in [0.25, 0.3) is 11.8 Å². The highest BCUT2D eigenvalue weighted by Gasteiger charge is 2.40. The van der Waals surface area contributed by atoms with Crippen molar-refractivity contribution < 1.29 is 14.3 Å². The van der Waals surface area contributed by atoms with E-state index in [4.69, 9.17) is 4.74 Å². The lowest BCUT2D eigenvalue weighted by Crippen LogP contribution is -2.31. The number of ether oxygens (including phenoxy) is 1. The van der Waals surface area contributed by atoms with Crippen LogP contribution in [0.2, 0.25) is 0 Å². The molecule has 6 rings (SSSR count). The standard InChI is InChI=1S/C25H20N6O3S/c32-24-17-5-1-2-6-18(17)25(33)31(24)13-10-16-4-3-7-19(27-16)28-21-22(34-21)29-20-14-35-23(30-20)15-8-11-26-12-9-15/h1-9,11-12,14,21-22,29H,10,13H2,(H,27,28). The van der Waals surface area contributed by atoms with Gasteiger partial charge in [-0.05, 0) is 36.4 Å². The third-order valence-electron chi connectivity index (χ3n) is 5.78. The lowest BCUT2D eigenvalue weighted by atomic mass is 10.1. The van der Waals surface area contributed by atoms with Gasteiger partial charge in [-0.1, -0.05) is 18.2 Å². The highest BCUT2D eigenvalue weighted by molar-refractivity contribution is 7.13. The SMILES string of the molecule is O=C1c2ccccc2C(=O)N1CCc1cccc(NC2OC2Nc2csc(-c3ccncc3)n2)n1. The number of anilines is 2. The van der Waals surface area contributed by atoms with Crippen molar-refractivity contribution in [2.24, 2.45) is 0 Å². The van der Waals surface area contributed by atoms with E-state index in [0.29, 0.717) is 23.4 Å². The van der Waals surface area contributed by atoms with Gasteiger partial charge in [0.2, 0.25) is 0 Å². The van der Waals surface area contributed by atoms with E-state index in [0.717, 1.165) is 22.1 Å². The average Bonchev–Trinajstić information content (AvgIpc) is 3.33. The summed E-state index contributed by atoms with van der Waals surface area (Å²) in [5.74, 6) is 0.900. The summed E-state index contributed by atoms with van der Waals surface area (Å²) in [6.07, 6.45) is 3.50. The Hall–Kier alpha value is -4.15. The van der Waals surface area contributed by atoms with Crippen molar-refractivity contribution in [2.75, 3.05) is 17.2 Å². The molecule has 35 heavy (non-hydrogen) atoms. The molecule has 2 aliphatic heterocycles. The van der Waals surface area contributed by atoms with E-state index in [-0.39, 0.29) is 30.8 Å². The molecule has 1 fully saturated rings. The molecule has 3 aromatic heterocycles. The average molecular weight is 485 g/mol. The zero-order chi connectivity index (χ0) is 23.8. The van der Waals surface area contributed by atoms with Gasteiger partial charge in [0.05, 0.1) is 11.1 Å². The van der Waals surface area contributed by atoms with Gasteiger partial charge in [-0.25, -0.2) is 9.97 Å². The number of rotatable bonds is 8. The largest absolute Gasteiger partial charge is 0.341 e. The maximum absolute atomic E-state index is 12.6. The second-order valence-corrected chi connectivity index (χ2v) is 8.97. The smallest absolute Gasteiger partial charge is 0.261 e. The maximum atomic E-state index is 12.6. The zero-order valence-corrected chi connectivity index (χ0v) is 19.2. The Bertz CT molecular complexity index is 1370. The lowest BCUT2D eigenvalue weighted by molar-refractivity contribution is 0.0656. The first-order chi connectivity index (χ1) is 17.2. The van der Waals surface area contributed by atoms with Crippen molar-refractivity contribution in [2.45, 2.75) is 18.9 Å². The number of hydrogen-bond donors (Lipinski definition) is 2. The second-order valence-electron chi connectivity index (χ2n) is 8.11. The van der Waals surface area contributed by atoms with E-state index in [1.165, 1.54) is 4.90 Å². The molecule has 2 unspecified atom stereocenters. The minimum Gasteiger partial charge on any atom is -0.341 e. The van der Waals surface area contributed by atoms with Gasteiger partial charge in [-0.15, -0.1) is 11.3 Å². The van der Waals surface area contributed by atoms with Crippen molar-refractivity contribution in [3.8, 4) is 10.6 Å². The molecule has 10 heteroatoms. The highest BCUT2D eigenvalue weighted by Crippen LogP contribution is 2.30. The molecule has 0 spiro atoms. The molecule has 5 heterocycles. The molecule has 0 saturated carbocycles. The summed E-state index contributed by atoms with van der Waals surface area (Å²) >= 11 is 1.55. The second kappa shape index (κ2) is 8.90. The van der Waals surface area contributed by atoms with Crippen molar-refractivity contribution in [3.05, 3.63) is 89.2 Å². The molecule has 4 aromatic rings. The third-order valence-corrected chi connectivity index (χ3v) is 6.67. The van der Waals surface area contributed by atoms with Crippen LogP contribution in [0.3, 0.4) is 0 Å². The van der Waals surface area contributed by atoms with Gasteiger partial charge in [-0.3, -0.25) is 19.5 Å². The van der Waals surface area contributed by atoms with Crippen LogP contribution in [0.4, 0.5) is 11.6 Å². The molecule has 2 aliphatic rings. The van der Waals surface area contributed by atoms with Crippen molar-refractivity contribution in [1.29, 1.82) is 0 Å². The first kappa shape index (κ1) is 21.4. The summed E-state index contributed by atoms with van der Waals surface area (Å²) in [5, 5.41) is 9.37. The number of carbonyl (C=O) groups excluding carboxylic acids is 2. The minimum absolute atomic E-state index is 0.216. The number of hydrogen-bond acceptors (Lipinski definition) is 9. The number of epoxide rings is 1. The van der Waals surface area contributed by atoms with Gasteiger partial charge >= 0.3 is 0 Å². The Balaban J connectivity index is 1.03. The summed E-state index contributed by atoms with van der Waals surface area (Å²) in [7, 11) is 0. The van der Waals surface area contributed by atoms with E-state index in [2.05, 4.69) is 25.6 Å². The summed E-state index contributed by atoms with van der Waals surface area (Å²) in [4.78, 5) is 39.6. The first-order valence-electron chi connectivity index (χ1n) is 11.1. The number of carbonyl (C=O) groups is 2. The molecule has 2 N–H and O–H groups in total. The number of nitrogens with zero attached hydrogens (tertiary/aromatic N) is 4. The van der Waals surface area contributed by atoms with Gasteiger partial charge in [-0.2, -0.15) is 0 Å². The Labute approximate surface area is 204 Å². The molecular formula is C25H20N6O3S. The normalized spacial score (nSPS) is 18.5. The molecular weight excluding hydrogens is 464 g/mol. The van der Waals surface area contributed by atoms with Crippen molar-refractivity contribution in [3.63, 3.8) is 0 Å². The molecule has 0 bridgehead atoms. The Morgan fingerprint density at radius 3 is 2.31 bits per heavy atom. The van der Waals surface area contributed by atoms with Crippen LogP contribution >= 0.6 is 11.3 Å². The molecule has 2 amide bonds. The molecule has 9 nitrogen and oxygen atoms in total. The number of aromatic nitrogens is 3. The number of pyridine rings is 2. The Morgan fingerprint density at radius 1 is 0.857 bits per heavy atom. The minimum atomic E-state index is -0.255. The topological polar surface area (TPSA) is 113 Å². The van der Waals surface area contributed by atoms with E-state index < -0.39 is 0 Å². The molecule has 1 saturated heterocycles. The van der Waals surface area contributed by atoms with E-state index in [1.54, 1.807) is 48.0 Å². The summed E-state index contributed by atoms with van der Waals surface area (Å²) < 4.78 is 5.68. The highest BCUT2D eigenvalue weighted by atomic mass is 32.1. The van der Waals surface area contributed by atoms with Crippen LogP contribution in [-0.2, 0) is 11.2 Å². The van der Waals surface area contributed by atoms with Crippen LogP contribution in [0, 0.1) is 0 Å². The number of thiazole rings is 1. The number of nitrogens with one attached hydrogen (secondary N) is 2. The number of fused-ring (bicyclic) bond motifs is 1. The third kappa shape index (κ3) is 4.36. The number of benzene rings is 1. The van der Waals surface area contributed by atoms with Gasteiger partial charge in [0.1, 0.15) is 16.6 Å². The van der Waals surface area contributed by atoms with Crippen LogP contribution < -0.4 is 10.6 Å². The Morgan fingerprint density at radius 2 is 1.57 bits per heavy atom. The van der Waals surface area contributed by atoms with Crippen molar-refractivity contribution in [1.82, 2.24) is 19.9 Å². The number of amides is 2. The van der Waals surface area contributed by atoms with Gasteiger partial charge in [0, 0.05) is 42.0 Å². The van der Waals surface area contributed by atoms with Crippen LogP contribution in [0.15, 0.2) is 72.4 Å². The predicted molar refractivity (Wildman–Crippen MR) is 131 cm³/mol. The predicted octanol–water partition coefficient (Wildman–Crippen LogP) is 3.65. The van der Waals surface area contributed by atoms with Crippen LogP contribution in [0.25, 0.3) is 10.6 Å². The van der Waals surface area contributed by atoms with Gasteiger partial charge in [0.15, 0.2) is 12.5 Å². The quantitative estimate of drug-likeness (QED) is 0.288. The van der Waals surface area contributed by atoms with Crippen LogP contribution in [0.1, 0.15) is 26.4 Å². The molecule has 0 aliphatic carbocycles. The van der Waals surface area contributed by atoms with E-state index in [1.807, 2.05) is 35.7 Å². The Kier molecular flexibility index (Phi) is 5.44. The summed E-state index contributed by atoms with van der Waals surface area (Å²) in [5.41, 5.74) is 2.71. The van der Waals surface area contributed by atoms with Crippen LogP contribution in [0.5, 0.6) is 0 Å². The first-order valence-corrected chi connectivity index (χ1v) is 12.0. The molecule has 1 aromatic carbocycles. The van der Waals surface area contributed by atoms with E-state index in [9.17, 15) is 9.59 Å². The summed E-state index contributed by atoms with van der Waals surface area (Å²) in [6.45, 7) is 0.274. The zero-order valence-electron chi connectivity index (χ0n) is 18.4. The molecule has 174 valence electrons. The fraction of sp³-hybridized carbons (Fsp3) is 0.160. The summed E-state index contributed by atoms with van der Waals surface area (Å²) in [6, 6.07) is 16.4. The fourth-order valence-electron chi connectivity index (χ4n) is 3.96. The fourth-order valence-corrected chi connectivity index (χ4v) is 4.73. The number of imide groups is 1.